The topological polar surface area (TPSA) is 122 Å². The first-order valence-corrected chi connectivity index (χ1v) is 11.9. The van der Waals surface area contributed by atoms with Crippen LogP contribution in [0.1, 0.15) is 28.8 Å². The molecule has 0 radical (unpaired) electrons. The van der Waals surface area contributed by atoms with Crippen molar-refractivity contribution in [3.63, 3.8) is 0 Å². The monoisotopic (exact) mass is 464 g/mol. The van der Waals surface area contributed by atoms with Crippen LogP contribution in [0.4, 0.5) is 5.69 Å². The maximum atomic E-state index is 12.5. The Labute approximate surface area is 186 Å². The second kappa shape index (κ2) is 10.2. The molecule has 166 valence electrons. The maximum absolute atomic E-state index is 12.5. The average Bonchev–Trinajstić information content (AvgIpc) is 3.22. The normalized spacial score (nSPS) is 14.4. The van der Waals surface area contributed by atoms with E-state index in [1.807, 2.05) is 0 Å². The van der Waals surface area contributed by atoms with E-state index in [1.165, 1.54) is 18.2 Å². The van der Waals surface area contributed by atoms with Crippen molar-refractivity contribution in [3.8, 4) is 0 Å². The van der Waals surface area contributed by atoms with E-state index >= 15 is 0 Å². The number of likely N-dealkylation sites (tertiary alicyclic amines) is 1. The number of halogens is 1. The fraction of sp³-hybridized carbons (Fsp3) is 0.333. The predicted molar refractivity (Wildman–Crippen MR) is 120 cm³/mol. The van der Waals surface area contributed by atoms with E-state index in [0.29, 0.717) is 23.7 Å². The van der Waals surface area contributed by atoms with Gasteiger partial charge in [-0.25, -0.2) is 13.6 Å². The highest BCUT2D eigenvalue weighted by atomic mass is 35.5. The summed E-state index contributed by atoms with van der Waals surface area (Å²) in [6.45, 7) is 3.10. The molecule has 1 aliphatic rings. The third kappa shape index (κ3) is 6.51. The van der Waals surface area contributed by atoms with Gasteiger partial charge in [0.2, 0.25) is 15.9 Å². The molecule has 1 fully saturated rings. The lowest BCUT2D eigenvalue weighted by atomic mass is 10.1. The lowest BCUT2D eigenvalue weighted by Crippen LogP contribution is -2.34. The molecule has 31 heavy (non-hydrogen) atoms. The van der Waals surface area contributed by atoms with E-state index in [1.54, 1.807) is 24.3 Å². The number of anilines is 1. The highest BCUT2D eigenvalue weighted by molar-refractivity contribution is 7.89. The number of hydrogen-bond donors (Lipinski definition) is 3. The Morgan fingerprint density at radius 3 is 2.48 bits per heavy atom. The molecule has 4 N–H and O–H groups in total. The molecule has 3 rings (SSSR count). The smallest absolute Gasteiger partial charge is 0.252 e. The Balaban J connectivity index is 1.69. The van der Waals surface area contributed by atoms with Gasteiger partial charge in [-0.15, -0.1) is 0 Å². The highest BCUT2D eigenvalue weighted by Gasteiger charge is 2.21. The zero-order valence-electron chi connectivity index (χ0n) is 16.9. The van der Waals surface area contributed by atoms with Gasteiger partial charge in [-0.05, 0) is 55.8 Å². The molecule has 0 aliphatic carbocycles. The first kappa shape index (κ1) is 23.2. The van der Waals surface area contributed by atoms with Crippen molar-refractivity contribution < 1.29 is 18.0 Å². The second-order valence-corrected chi connectivity index (χ2v) is 9.31. The summed E-state index contributed by atoms with van der Waals surface area (Å²) in [4.78, 5) is 26.8. The van der Waals surface area contributed by atoms with Crippen LogP contribution < -0.4 is 15.8 Å². The van der Waals surface area contributed by atoms with Crippen molar-refractivity contribution in [1.82, 2.24) is 10.2 Å². The minimum absolute atomic E-state index is 0.0170. The molecule has 2 aromatic rings. The summed E-state index contributed by atoms with van der Waals surface area (Å²) >= 11 is 6.07. The Morgan fingerprint density at radius 2 is 1.81 bits per heavy atom. The van der Waals surface area contributed by atoms with E-state index < -0.39 is 15.9 Å². The molecule has 2 aromatic carbocycles. The third-order valence-electron chi connectivity index (χ3n) is 5.04. The van der Waals surface area contributed by atoms with E-state index in [9.17, 15) is 18.0 Å². The van der Waals surface area contributed by atoms with Gasteiger partial charge in [-0.1, -0.05) is 29.8 Å². The maximum Gasteiger partial charge on any atom is 0.252 e. The highest BCUT2D eigenvalue weighted by Crippen LogP contribution is 2.21. The Kier molecular flexibility index (Phi) is 7.66. The quantitative estimate of drug-likeness (QED) is 0.551. The minimum atomic E-state index is -4.19. The number of nitrogens with zero attached hydrogens (tertiary/aromatic N) is 1. The van der Waals surface area contributed by atoms with Crippen molar-refractivity contribution in [2.24, 2.45) is 5.14 Å². The van der Waals surface area contributed by atoms with Crippen molar-refractivity contribution in [1.29, 1.82) is 0 Å². The lowest BCUT2D eigenvalue weighted by Gasteiger charge is -2.16. The lowest BCUT2D eigenvalue weighted by molar-refractivity contribution is -0.115. The summed E-state index contributed by atoms with van der Waals surface area (Å²) in [5, 5.41) is 11.1. The van der Waals surface area contributed by atoms with Gasteiger partial charge in [0.25, 0.3) is 5.91 Å². The SMILES string of the molecule is NS(=O)(=O)c1cc(NC(=O)Cc2ccccc2Cl)ccc1C(=O)NCCN1CCCC1. The van der Waals surface area contributed by atoms with Crippen LogP contribution in [0.2, 0.25) is 5.02 Å². The van der Waals surface area contributed by atoms with Crippen molar-refractivity contribution in [2.75, 3.05) is 31.5 Å². The number of hydrogen-bond acceptors (Lipinski definition) is 5. The molecule has 0 spiro atoms. The molecular formula is C21H25ClN4O4S. The fourth-order valence-corrected chi connectivity index (χ4v) is 4.43. The van der Waals surface area contributed by atoms with Gasteiger partial charge in [-0.3, -0.25) is 9.59 Å². The summed E-state index contributed by atoms with van der Waals surface area (Å²) < 4.78 is 24.1. The van der Waals surface area contributed by atoms with E-state index in [2.05, 4.69) is 15.5 Å². The van der Waals surface area contributed by atoms with Gasteiger partial charge in [0.1, 0.15) is 0 Å². The number of rotatable bonds is 8. The Bertz CT molecular complexity index is 1070. The number of nitrogens with two attached hydrogens (primary N) is 1. The molecule has 0 saturated carbocycles. The molecule has 1 aliphatic heterocycles. The van der Waals surface area contributed by atoms with Crippen LogP contribution in [-0.2, 0) is 21.2 Å². The van der Waals surface area contributed by atoms with Gasteiger partial charge in [0.15, 0.2) is 0 Å². The predicted octanol–water partition coefficient (Wildman–Crippen LogP) is 1.99. The van der Waals surface area contributed by atoms with Gasteiger partial charge in [0, 0.05) is 23.8 Å². The van der Waals surface area contributed by atoms with E-state index in [0.717, 1.165) is 25.9 Å². The number of primary sulfonamides is 1. The first-order chi connectivity index (χ1) is 14.7. The average molecular weight is 465 g/mol. The van der Waals surface area contributed by atoms with E-state index in [4.69, 9.17) is 16.7 Å². The van der Waals surface area contributed by atoms with Crippen LogP contribution in [0.15, 0.2) is 47.4 Å². The number of amides is 2. The van der Waals surface area contributed by atoms with Gasteiger partial charge in [-0.2, -0.15) is 0 Å². The van der Waals surface area contributed by atoms with Gasteiger partial charge in [0.05, 0.1) is 16.9 Å². The number of carbonyl (C=O) groups excluding carboxylic acids is 2. The molecule has 1 saturated heterocycles. The standard InChI is InChI=1S/C21H25ClN4O4S/c22-18-6-2-1-5-15(18)13-20(27)25-16-7-8-17(19(14-16)31(23,29)30)21(28)24-9-12-26-10-3-4-11-26/h1-2,5-8,14H,3-4,9-13H2,(H,24,28)(H,25,27)(H2,23,29,30). The van der Waals surface area contributed by atoms with Crippen molar-refractivity contribution in [3.05, 3.63) is 58.6 Å². The van der Waals surface area contributed by atoms with Crippen LogP contribution in [0.5, 0.6) is 0 Å². The number of sulfonamides is 1. The van der Waals surface area contributed by atoms with Gasteiger partial charge >= 0.3 is 0 Å². The number of benzene rings is 2. The summed E-state index contributed by atoms with van der Waals surface area (Å²) in [7, 11) is -4.19. The molecule has 2 amide bonds. The molecule has 8 nitrogen and oxygen atoms in total. The summed E-state index contributed by atoms with van der Waals surface area (Å²) in [5.41, 5.74) is 0.796. The zero-order valence-corrected chi connectivity index (χ0v) is 18.5. The van der Waals surface area contributed by atoms with Crippen LogP contribution in [0.3, 0.4) is 0 Å². The zero-order chi connectivity index (χ0) is 22.4. The summed E-state index contributed by atoms with van der Waals surface area (Å²) in [6, 6.07) is 10.9. The van der Waals surface area contributed by atoms with Crippen LogP contribution in [-0.4, -0.2) is 51.3 Å². The van der Waals surface area contributed by atoms with E-state index in [-0.39, 0.29) is 28.5 Å². The second-order valence-electron chi connectivity index (χ2n) is 7.38. The molecule has 0 atom stereocenters. The largest absolute Gasteiger partial charge is 0.351 e. The first-order valence-electron chi connectivity index (χ1n) is 9.95. The van der Waals surface area contributed by atoms with Gasteiger partial charge < -0.3 is 15.5 Å². The fourth-order valence-electron chi connectivity index (χ4n) is 3.47. The molecule has 0 bridgehead atoms. The molecule has 0 aromatic heterocycles. The third-order valence-corrected chi connectivity index (χ3v) is 6.36. The Morgan fingerprint density at radius 1 is 1.10 bits per heavy atom. The Hall–Kier alpha value is -2.46. The van der Waals surface area contributed by atoms with Crippen LogP contribution >= 0.6 is 11.6 Å². The molecule has 0 unspecified atom stereocenters. The van der Waals surface area contributed by atoms with Crippen molar-refractivity contribution >= 4 is 39.1 Å². The molecule has 1 heterocycles. The molecular weight excluding hydrogens is 440 g/mol. The van der Waals surface area contributed by atoms with Crippen LogP contribution in [0.25, 0.3) is 0 Å². The number of nitrogens with one attached hydrogen (secondary N) is 2. The minimum Gasteiger partial charge on any atom is -0.351 e. The molecule has 10 heteroatoms. The van der Waals surface area contributed by atoms with Crippen molar-refractivity contribution in [2.45, 2.75) is 24.2 Å². The number of carbonyl (C=O) groups is 2. The summed E-state index contributed by atoms with van der Waals surface area (Å²) in [5.74, 6) is -0.909. The summed E-state index contributed by atoms with van der Waals surface area (Å²) in [6.07, 6.45) is 2.31. The van der Waals surface area contributed by atoms with Crippen LogP contribution in [0, 0.1) is 0 Å².